The number of Topliss-reactive ketones (excluding diaryl/α,β-unsaturated/α-hetero) is 2. The van der Waals surface area contributed by atoms with Crippen molar-refractivity contribution in [3.63, 3.8) is 0 Å². The zero-order chi connectivity index (χ0) is 78.3. The molecule has 2 aromatic carbocycles. The molecule has 3 fully saturated rings. The zero-order valence-corrected chi connectivity index (χ0v) is 64.7. The first kappa shape index (κ1) is 87.0. The average molecular weight is 1470 g/mol. The molecule has 0 bridgehead atoms. The molecule has 0 unspecified atom stereocenters. The lowest BCUT2D eigenvalue weighted by Crippen LogP contribution is -2.62. The lowest BCUT2D eigenvalue weighted by atomic mass is 9.73. The molecular formula is C77H117N11O17. The van der Waals surface area contributed by atoms with E-state index in [9.17, 15) is 67.4 Å². The second-order valence-corrected chi connectivity index (χ2v) is 30.1. The highest BCUT2D eigenvalue weighted by atomic mass is 16.7. The van der Waals surface area contributed by atoms with Crippen LogP contribution in [0, 0.1) is 35.0 Å². The second kappa shape index (κ2) is 40.7. The molecule has 0 spiro atoms. The number of carbonyl (C=O) groups is 13. The van der Waals surface area contributed by atoms with E-state index in [1.165, 1.54) is 19.1 Å². The molecule has 582 valence electrons. The number of unbranched alkanes of at least 4 members (excludes halogenated alkanes) is 1. The first-order valence-electron chi connectivity index (χ1n) is 37.1. The third-order valence-corrected chi connectivity index (χ3v) is 20.0. The van der Waals surface area contributed by atoms with Crippen molar-refractivity contribution in [3.05, 3.63) is 77.0 Å². The highest BCUT2D eigenvalue weighted by Gasteiger charge is 2.44. The molecule has 10 amide bonds. The van der Waals surface area contributed by atoms with Crippen LogP contribution in [0.2, 0.25) is 0 Å². The van der Waals surface area contributed by atoms with Crippen LogP contribution in [0.15, 0.2) is 65.9 Å². The molecule has 0 aromatic heterocycles. The van der Waals surface area contributed by atoms with Gasteiger partial charge in [0, 0.05) is 84.2 Å². The van der Waals surface area contributed by atoms with Crippen LogP contribution in [0.1, 0.15) is 198 Å². The number of anilines is 1. The van der Waals surface area contributed by atoms with Gasteiger partial charge in [0.1, 0.15) is 30.8 Å². The van der Waals surface area contributed by atoms with Gasteiger partial charge in [0.25, 0.3) is 11.8 Å². The Morgan fingerprint density at radius 2 is 1.32 bits per heavy atom. The maximum atomic E-state index is 14.9. The topological polar surface area (TPSA) is 358 Å². The van der Waals surface area contributed by atoms with Crippen LogP contribution in [0.25, 0.3) is 0 Å². The molecule has 2 aromatic rings. The number of likely N-dealkylation sites (N-methyl/N-ethyl adjacent to an activating group) is 3. The van der Waals surface area contributed by atoms with Crippen molar-refractivity contribution in [1.82, 2.24) is 51.2 Å². The van der Waals surface area contributed by atoms with E-state index in [-0.39, 0.29) is 99.4 Å². The van der Waals surface area contributed by atoms with E-state index in [0.717, 1.165) is 0 Å². The van der Waals surface area contributed by atoms with Crippen LogP contribution in [-0.2, 0) is 78.5 Å². The van der Waals surface area contributed by atoms with Crippen LogP contribution >= 0.6 is 0 Å². The summed E-state index contributed by atoms with van der Waals surface area (Å²) < 4.78 is 11.7. The molecule has 11 atom stereocenters. The van der Waals surface area contributed by atoms with E-state index in [2.05, 4.69) is 31.9 Å². The van der Waals surface area contributed by atoms with Gasteiger partial charge in [0.15, 0.2) is 11.6 Å². The van der Waals surface area contributed by atoms with Crippen LogP contribution in [0.3, 0.4) is 0 Å². The van der Waals surface area contributed by atoms with Gasteiger partial charge in [0.05, 0.1) is 48.5 Å². The highest BCUT2D eigenvalue weighted by molar-refractivity contribution is 6.22. The fourth-order valence-corrected chi connectivity index (χ4v) is 13.8. The number of nitrogens with zero attached hydrogens (tertiary/aromatic N) is 5. The summed E-state index contributed by atoms with van der Waals surface area (Å²) in [5, 5.41) is 28.8. The summed E-state index contributed by atoms with van der Waals surface area (Å²) in [4.78, 5) is 187. The first-order chi connectivity index (χ1) is 49.5. The molecule has 5 rings (SSSR count). The fraction of sp³-hybridized carbons (Fsp3) is 0.649. The molecule has 1 saturated carbocycles. The van der Waals surface area contributed by atoms with E-state index in [1.54, 1.807) is 102 Å². The van der Waals surface area contributed by atoms with Crippen molar-refractivity contribution in [2.45, 2.75) is 242 Å². The third kappa shape index (κ3) is 24.7. The number of ether oxygens (including phenoxy) is 2. The Morgan fingerprint density at radius 1 is 0.705 bits per heavy atom. The number of likely N-dealkylation sites (tertiary alicyclic amines) is 1. The smallest absolute Gasteiger partial charge is 0.410 e. The predicted molar refractivity (Wildman–Crippen MR) is 393 cm³/mol. The summed E-state index contributed by atoms with van der Waals surface area (Å²) in [5.41, 5.74) is 1.69. The number of hydroxylamine groups is 2. The largest absolute Gasteiger partial charge is 0.445 e. The summed E-state index contributed by atoms with van der Waals surface area (Å²) in [6.07, 6.45) is -0.291. The lowest BCUT2D eigenvalue weighted by molar-refractivity contribution is -0.197. The summed E-state index contributed by atoms with van der Waals surface area (Å²) in [6, 6.07) is 10.0. The van der Waals surface area contributed by atoms with Gasteiger partial charge >= 0.3 is 12.1 Å². The second-order valence-electron chi connectivity index (χ2n) is 30.1. The highest BCUT2D eigenvalue weighted by Crippen LogP contribution is 2.35. The maximum Gasteiger partial charge on any atom is 0.410 e. The maximum absolute atomic E-state index is 14.9. The standard InChI is InChI=1S/C77H117N11O17/c1-18-48(9)74(86(19-2)43-62(94)87-40-26-30-56(87)69(103-17)49(10)70(97)79-51(12)68(96)53-27-21-20-22-28-53)85(16)75(101)66(46(5)6)83-73(100)67(47(7)8)84(15)76(102)104-44-52-33-35-54(36-34-52)80-71(98)55(29-23-24-39-78-50(11)64-57(89)41-77(13,14)42-58(64)90)81-72(99)65(45(3)4)82-59(91)31-25-32-63(95)105-88-60(92)37-38-61(88)93/h20-22,27-28,33-36,45-49,51,55-56,65-69,74,78,96H,18-19,23-26,29-32,37-44H2,1-17H3,(H,79,97)(H,80,98)(H,81,99)(H,82,91)(H,83,100)/t48-,49+,51+,55-,56-,65-,66-,67-,68+,69+,74+/m1/s1. The molecule has 1 aliphatic carbocycles. The number of methoxy groups -OCH3 is 1. The van der Waals surface area contributed by atoms with E-state index in [4.69, 9.17) is 14.3 Å². The minimum atomic E-state index is -1.14. The molecule has 2 heterocycles. The quantitative estimate of drug-likeness (QED) is 0.0119. The Morgan fingerprint density at radius 3 is 1.90 bits per heavy atom. The number of hydrogen-bond donors (Lipinski definition) is 7. The van der Waals surface area contributed by atoms with Crippen molar-refractivity contribution in [1.29, 1.82) is 0 Å². The molecule has 3 aliphatic rings. The number of amides is 10. The van der Waals surface area contributed by atoms with Crippen LogP contribution in [0.5, 0.6) is 0 Å². The molecule has 7 N–H and O–H groups in total. The van der Waals surface area contributed by atoms with Gasteiger partial charge in [-0.2, -0.15) is 0 Å². The van der Waals surface area contributed by atoms with Gasteiger partial charge in [-0.05, 0) is 111 Å². The summed E-state index contributed by atoms with van der Waals surface area (Å²) in [5.74, 6) is -8.10. The van der Waals surface area contributed by atoms with E-state index >= 15 is 0 Å². The number of ketones is 2. The predicted octanol–water partition coefficient (Wildman–Crippen LogP) is 6.79. The van der Waals surface area contributed by atoms with Crippen molar-refractivity contribution < 1.29 is 81.7 Å². The summed E-state index contributed by atoms with van der Waals surface area (Å²) in [6.45, 7) is 26.3. The van der Waals surface area contributed by atoms with Gasteiger partial charge in [-0.15, -0.1) is 5.06 Å². The SMILES string of the molecule is CC[C@@H](C)[C@H](N(CC)CC(=O)N1CCC[C@@H]1[C@@H](OC)[C@H](C)C(=O)N[C@@H](C)[C@H](O)c1ccccc1)N(C)C(=O)[C@H](NC(=O)[C@@H](C(C)C)N(C)C(=O)OCc1ccc(NC(=O)[C@@H](CCCCNC(C)=C2C(=O)CC(C)(C)CC2=O)NC(=O)[C@H](NC(=O)CCCC(=O)ON2C(=O)CCC2=O)C(C)C)cc1)C(C)C. The Kier molecular flexibility index (Phi) is 33.8. The Hall–Kier alpha value is -8.63. The number of hydrogen-bond acceptors (Lipinski definition) is 19. The number of benzene rings is 2. The Bertz CT molecular complexity index is 3360. The Balaban J connectivity index is 1.21. The van der Waals surface area contributed by atoms with Gasteiger partial charge in [-0.3, -0.25) is 62.5 Å². The average Bonchev–Trinajstić information content (AvgIpc) is 1.69. The van der Waals surface area contributed by atoms with E-state index in [1.807, 2.05) is 71.6 Å². The number of aliphatic hydroxyl groups is 1. The molecule has 2 saturated heterocycles. The number of aliphatic hydroxyl groups excluding tert-OH is 1. The molecule has 105 heavy (non-hydrogen) atoms. The van der Waals surface area contributed by atoms with E-state index < -0.39 is 137 Å². The number of nitrogens with one attached hydrogen (secondary N) is 6. The zero-order valence-electron chi connectivity index (χ0n) is 64.7. The van der Waals surface area contributed by atoms with E-state index in [0.29, 0.717) is 79.3 Å². The third-order valence-electron chi connectivity index (χ3n) is 20.0. The molecular weight excluding hydrogens is 1350 g/mol. The number of imide groups is 1. The fourth-order valence-electron chi connectivity index (χ4n) is 13.8. The van der Waals surface area contributed by atoms with Gasteiger partial charge in [-0.1, -0.05) is 132 Å². The molecule has 2 aliphatic heterocycles. The van der Waals surface area contributed by atoms with Crippen LogP contribution in [0.4, 0.5) is 10.5 Å². The molecule has 0 radical (unpaired) electrons. The minimum absolute atomic E-state index is 0.0231. The van der Waals surface area contributed by atoms with Gasteiger partial charge < -0.3 is 61.1 Å². The normalized spacial score (nSPS) is 18.1. The lowest BCUT2D eigenvalue weighted by Gasteiger charge is -2.43. The van der Waals surface area contributed by atoms with Crippen molar-refractivity contribution in [2.75, 3.05) is 52.7 Å². The number of rotatable bonds is 39. The van der Waals surface area contributed by atoms with Crippen molar-refractivity contribution in [3.8, 4) is 0 Å². The first-order valence-corrected chi connectivity index (χ1v) is 37.1. The Labute approximate surface area is 619 Å². The molecule has 28 heteroatoms. The number of carbonyl (C=O) groups excluding carboxylic acids is 13. The van der Waals surface area contributed by atoms with Crippen LogP contribution < -0.4 is 31.9 Å². The number of allylic oxidation sites excluding steroid dienone is 2. The minimum Gasteiger partial charge on any atom is -0.445 e. The molecule has 28 nitrogen and oxygen atoms in total. The summed E-state index contributed by atoms with van der Waals surface area (Å²) in [7, 11) is 4.63. The summed E-state index contributed by atoms with van der Waals surface area (Å²) >= 11 is 0. The van der Waals surface area contributed by atoms with Crippen molar-refractivity contribution >= 4 is 82.5 Å². The van der Waals surface area contributed by atoms with Gasteiger partial charge in [0.2, 0.25) is 41.4 Å². The monoisotopic (exact) mass is 1470 g/mol. The van der Waals surface area contributed by atoms with Crippen LogP contribution in [-0.4, -0.2) is 202 Å². The van der Waals surface area contributed by atoms with Gasteiger partial charge in [-0.25, -0.2) is 9.59 Å². The van der Waals surface area contributed by atoms with Crippen molar-refractivity contribution in [2.24, 2.45) is 35.0 Å².